The quantitative estimate of drug-likeness (QED) is 0.747. The Hall–Kier alpha value is -1.44. The van der Waals surface area contributed by atoms with Gasteiger partial charge in [-0.05, 0) is 36.7 Å². The summed E-state index contributed by atoms with van der Waals surface area (Å²) in [6, 6.07) is 6.28. The third-order valence-corrected chi connectivity index (χ3v) is 2.12. The zero-order valence-electron chi connectivity index (χ0n) is 9.29. The second kappa shape index (κ2) is 6.94. The van der Waals surface area contributed by atoms with Gasteiger partial charge < -0.3 is 10.1 Å². The average Bonchev–Trinajstić information content (AvgIpc) is 2.28. The van der Waals surface area contributed by atoms with E-state index in [1.165, 1.54) is 12.1 Å². The van der Waals surface area contributed by atoms with Gasteiger partial charge in [0, 0.05) is 20.3 Å². The Bertz CT molecular complexity index is 374. The molecule has 0 fully saturated rings. The SMILES string of the molecule is COCCCNCc1cc(F)cc(C#N)c1. The smallest absolute Gasteiger partial charge is 0.124 e. The van der Waals surface area contributed by atoms with Gasteiger partial charge in [0.05, 0.1) is 11.6 Å². The van der Waals surface area contributed by atoms with Crippen LogP contribution in [0.2, 0.25) is 0 Å². The Labute approximate surface area is 94.8 Å². The molecule has 0 heterocycles. The van der Waals surface area contributed by atoms with Crippen molar-refractivity contribution in [3.8, 4) is 6.07 Å². The highest BCUT2D eigenvalue weighted by Crippen LogP contribution is 2.08. The van der Waals surface area contributed by atoms with Gasteiger partial charge in [-0.15, -0.1) is 0 Å². The summed E-state index contributed by atoms with van der Waals surface area (Å²) in [4.78, 5) is 0. The van der Waals surface area contributed by atoms with Crippen LogP contribution in [-0.4, -0.2) is 20.3 Å². The summed E-state index contributed by atoms with van der Waals surface area (Å²) >= 11 is 0. The first kappa shape index (κ1) is 12.6. The lowest BCUT2D eigenvalue weighted by atomic mass is 10.1. The fraction of sp³-hybridized carbons (Fsp3) is 0.417. The van der Waals surface area contributed by atoms with Gasteiger partial charge >= 0.3 is 0 Å². The van der Waals surface area contributed by atoms with E-state index >= 15 is 0 Å². The molecular formula is C12H15FN2O. The van der Waals surface area contributed by atoms with Crippen LogP contribution < -0.4 is 5.32 Å². The van der Waals surface area contributed by atoms with Gasteiger partial charge in [-0.25, -0.2) is 4.39 Å². The van der Waals surface area contributed by atoms with Crippen molar-refractivity contribution in [1.29, 1.82) is 5.26 Å². The standard InChI is InChI=1S/C12H15FN2O/c1-16-4-2-3-15-9-11-5-10(8-14)6-12(13)7-11/h5-7,15H,2-4,9H2,1H3. The molecule has 0 saturated heterocycles. The lowest BCUT2D eigenvalue weighted by Crippen LogP contribution is -2.16. The lowest BCUT2D eigenvalue weighted by Gasteiger charge is -2.05. The number of nitrogens with one attached hydrogen (secondary N) is 1. The minimum Gasteiger partial charge on any atom is -0.385 e. The zero-order valence-corrected chi connectivity index (χ0v) is 9.29. The molecule has 0 spiro atoms. The first-order valence-electron chi connectivity index (χ1n) is 5.15. The van der Waals surface area contributed by atoms with E-state index in [0.29, 0.717) is 18.7 Å². The van der Waals surface area contributed by atoms with Crippen molar-refractivity contribution in [3.63, 3.8) is 0 Å². The van der Waals surface area contributed by atoms with E-state index in [-0.39, 0.29) is 5.82 Å². The molecule has 0 unspecified atom stereocenters. The van der Waals surface area contributed by atoms with E-state index in [9.17, 15) is 4.39 Å². The molecule has 86 valence electrons. The zero-order chi connectivity index (χ0) is 11.8. The molecule has 0 aliphatic heterocycles. The third-order valence-electron chi connectivity index (χ3n) is 2.12. The number of nitrogens with zero attached hydrogens (tertiary/aromatic N) is 1. The van der Waals surface area contributed by atoms with Crippen molar-refractivity contribution in [1.82, 2.24) is 5.32 Å². The maximum atomic E-state index is 13.0. The molecule has 16 heavy (non-hydrogen) atoms. The summed E-state index contributed by atoms with van der Waals surface area (Å²) in [7, 11) is 1.66. The molecule has 1 aromatic carbocycles. The van der Waals surface area contributed by atoms with Crippen LogP contribution in [0.15, 0.2) is 18.2 Å². The Balaban J connectivity index is 2.42. The van der Waals surface area contributed by atoms with Crippen LogP contribution in [0.25, 0.3) is 0 Å². The largest absolute Gasteiger partial charge is 0.385 e. The maximum Gasteiger partial charge on any atom is 0.124 e. The molecular weight excluding hydrogens is 207 g/mol. The second-order valence-corrected chi connectivity index (χ2v) is 3.48. The van der Waals surface area contributed by atoms with Gasteiger partial charge in [-0.3, -0.25) is 0 Å². The van der Waals surface area contributed by atoms with E-state index in [4.69, 9.17) is 10.00 Å². The van der Waals surface area contributed by atoms with Crippen molar-refractivity contribution in [2.24, 2.45) is 0 Å². The summed E-state index contributed by atoms with van der Waals surface area (Å²) in [5.74, 6) is -0.368. The van der Waals surface area contributed by atoms with Crippen molar-refractivity contribution < 1.29 is 9.13 Å². The third kappa shape index (κ3) is 4.39. The molecule has 0 aliphatic rings. The predicted octanol–water partition coefficient (Wildman–Crippen LogP) is 1.82. The summed E-state index contributed by atoms with van der Waals surface area (Å²) in [6.07, 6.45) is 0.914. The summed E-state index contributed by atoms with van der Waals surface area (Å²) in [5, 5.41) is 11.8. The first-order chi connectivity index (χ1) is 7.76. The maximum absolute atomic E-state index is 13.0. The van der Waals surface area contributed by atoms with Crippen molar-refractivity contribution in [2.75, 3.05) is 20.3 Å². The molecule has 0 saturated carbocycles. The van der Waals surface area contributed by atoms with Crippen LogP contribution in [-0.2, 0) is 11.3 Å². The Kier molecular flexibility index (Phi) is 5.48. The number of ether oxygens (including phenoxy) is 1. The number of benzene rings is 1. The molecule has 0 atom stereocenters. The molecule has 1 rings (SSSR count). The van der Waals surface area contributed by atoms with E-state index in [1.54, 1.807) is 13.2 Å². The number of hydrogen-bond donors (Lipinski definition) is 1. The topological polar surface area (TPSA) is 45.0 Å². The van der Waals surface area contributed by atoms with Gasteiger partial charge in [-0.1, -0.05) is 0 Å². The number of rotatable bonds is 6. The van der Waals surface area contributed by atoms with Crippen LogP contribution in [0.5, 0.6) is 0 Å². The monoisotopic (exact) mass is 222 g/mol. The molecule has 0 bridgehead atoms. The van der Waals surface area contributed by atoms with Gasteiger partial charge in [0.2, 0.25) is 0 Å². The highest BCUT2D eigenvalue weighted by atomic mass is 19.1. The molecule has 0 aliphatic carbocycles. The minimum atomic E-state index is -0.368. The number of hydrogen-bond acceptors (Lipinski definition) is 3. The van der Waals surface area contributed by atoms with Crippen LogP contribution >= 0.6 is 0 Å². The van der Waals surface area contributed by atoms with Crippen LogP contribution in [0.1, 0.15) is 17.5 Å². The Morgan fingerprint density at radius 2 is 2.25 bits per heavy atom. The number of methoxy groups -OCH3 is 1. The molecule has 0 radical (unpaired) electrons. The Morgan fingerprint density at radius 3 is 2.94 bits per heavy atom. The average molecular weight is 222 g/mol. The van der Waals surface area contributed by atoms with E-state index in [1.807, 2.05) is 6.07 Å². The number of nitriles is 1. The Morgan fingerprint density at radius 1 is 1.44 bits per heavy atom. The minimum absolute atomic E-state index is 0.355. The highest BCUT2D eigenvalue weighted by Gasteiger charge is 1.99. The van der Waals surface area contributed by atoms with Crippen LogP contribution in [0, 0.1) is 17.1 Å². The highest BCUT2D eigenvalue weighted by molar-refractivity contribution is 5.33. The fourth-order valence-electron chi connectivity index (χ4n) is 1.39. The van der Waals surface area contributed by atoms with E-state index < -0.39 is 0 Å². The van der Waals surface area contributed by atoms with Crippen molar-refractivity contribution in [3.05, 3.63) is 35.1 Å². The van der Waals surface area contributed by atoms with E-state index in [2.05, 4.69) is 5.32 Å². The summed E-state index contributed by atoms with van der Waals surface area (Å²) < 4.78 is 18.0. The fourth-order valence-corrected chi connectivity index (χ4v) is 1.39. The van der Waals surface area contributed by atoms with Gasteiger partial charge in [0.25, 0.3) is 0 Å². The van der Waals surface area contributed by atoms with Crippen molar-refractivity contribution >= 4 is 0 Å². The van der Waals surface area contributed by atoms with Crippen LogP contribution in [0.3, 0.4) is 0 Å². The number of halogens is 1. The summed E-state index contributed by atoms with van der Waals surface area (Å²) in [6.45, 7) is 2.09. The molecule has 0 amide bonds. The normalized spacial score (nSPS) is 10.1. The predicted molar refractivity (Wildman–Crippen MR) is 59.3 cm³/mol. The van der Waals surface area contributed by atoms with Crippen molar-refractivity contribution in [2.45, 2.75) is 13.0 Å². The van der Waals surface area contributed by atoms with E-state index in [0.717, 1.165) is 18.5 Å². The van der Waals surface area contributed by atoms with Gasteiger partial charge in [0.15, 0.2) is 0 Å². The molecule has 1 N–H and O–H groups in total. The van der Waals surface area contributed by atoms with Gasteiger partial charge in [0.1, 0.15) is 5.82 Å². The van der Waals surface area contributed by atoms with Crippen LogP contribution in [0.4, 0.5) is 4.39 Å². The molecule has 3 nitrogen and oxygen atoms in total. The first-order valence-corrected chi connectivity index (χ1v) is 5.15. The molecule has 4 heteroatoms. The van der Waals surface area contributed by atoms with Gasteiger partial charge in [-0.2, -0.15) is 5.26 Å². The summed E-state index contributed by atoms with van der Waals surface area (Å²) in [5.41, 5.74) is 1.14. The second-order valence-electron chi connectivity index (χ2n) is 3.48. The molecule has 1 aromatic rings. The lowest BCUT2D eigenvalue weighted by molar-refractivity contribution is 0.194. The molecule has 0 aromatic heterocycles.